The van der Waals surface area contributed by atoms with Crippen molar-refractivity contribution in [3.63, 3.8) is 0 Å². The number of amides is 1. The van der Waals surface area contributed by atoms with Crippen LogP contribution in [-0.4, -0.2) is 11.9 Å². The lowest BCUT2D eigenvalue weighted by molar-refractivity contribution is -0.119. The van der Waals surface area contributed by atoms with Crippen molar-refractivity contribution in [2.24, 2.45) is 0 Å². The van der Waals surface area contributed by atoms with E-state index in [1.807, 2.05) is 6.92 Å². The molecule has 1 heterocycles. The maximum absolute atomic E-state index is 10.8. The minimum Gasteiger partial charge on any atom is -0.349 e. The summed E-state index contributed by atoms with van der Waals surface area (Å²) in [6, 6.07) is 0.139. The van der Waals surface area contributed by atoms with Crippen LogP contribution < -0.4 is 5.32 Å². The van der Waals surface area contributed by atoms with Crippen LogP contribution in [0.3, 0.4) is 0 Å². The molecule has 2 nitrogen and oxygen atoms in total. The highest BCUT2D eigenvalue weighted by molar-refractivity contribution is 5.79. The van der Waals surface area contributed by atoms with Gasteiger partial charge in [0, 0.05) is 6.42 Å². The molecule has 1 amide bonds. The van der Waals surface area contributed by atoms with Gasteiger partial charge in [0.2, 0.25) is 5.91 Å². The van der Waals surface area contributed by atoms with Gasteiger partial charge in [-0.2, -0.15) is 0 Å². The maximum atomic E-state index is 10.8. The van der Waals surface area contributed by atoms with E-state index in [1.54, 1.807) is 0 Å². The van der Waals surface area contributed by atoms with Gasteiger partial charge in [0.25, 0.3) is 0 Å². The van der Waals surface area contributed by atoms with E-state index in [0.29, 0.717) is 6.42 Å². The molecule has 0 aromatic heterocycles. The predicted octanol–water partition coefficient (Wildman–Crippen LogP) is 1.40. The van der Waals surface area contributed by atoms with Crippen molar-refractivity contribution in [2.75, 3.05) is 0 Å². The monoisotopic (exact) mass is 151 g/mol. The summed E-state index contributed by atoms with van der Waals surface area (Å²) in [4.78, 5) is 10.8. The molecule has 0 radical (unpaired) electrons. The predicted molar refractivity (Wildman–Crippen MR) is 45.1 cm³/mol. The van der Waals surface area contributed by atoms with Gasteiger partial charge in [-0.05, 0) is 18.9 Å². The van der Waals surface area contributed by atoms with Gasteiger partial charge in [0.15, 0.2) is 0 Å². The Kier molecular flexibility index (Phi) is 2.13. The molecular formula is C9H13NO. The number of nitrogens with one attached hydrogen (secondary N) is 1. The van der Waals surface area contributed by atoms with E-state index in [-0.39, 0.29) is 11.9 Å². The standard InChI is InChI=1S/C9H13NO/c1-6(2)7(3)8-4-5-9(11)10-8/h8H,1,3-5H2,2H3,(H,10,11). The molecule has 1 aliphatic heterocycles. The fourth-order valence-electron chi connectivity index (χ4n) is 1.17. The molecule has 0 saturated carbocycles. The highest BCUT2D eigenvalue weighted by atomic mass is 16.1. The zero-order valence-electron chi connectivity index (χ0n) is 6.81. The first kappa shape index (κ1) is 8.05. The maximum Gasteiger partial charge on any atom is 0.220 e. The van der Waals surface area contributed by atoms with Crippen LogP contribution >= 0.6 is 0 Å². The lowest BCUT2D eigenvalue weighted by Gasteiger charge is -2.12. The molecule has 60 valence electrons. The summed E-state index contributed by atoms with van der Waals surface area (Å²) in [7, 11) is 0. The molecule has 1 saturated heterocycles. The number of hydrogen-bond donors (Lipinski definition) is 1. The number of carbonyl (C=O) groups excluding carboxylic acids is 1. The molecule has 0 aromatic carbocycles. The number of carbonyl (C=O) groups is 1. The Bertz CT molecular complexity index is 218. The van der Waals surface area contributed by atoms with Gasteiger partial charge in [-0.1, -0.05) is 18.7 Å². The SMILES string of the molecule is C=C(C)C(=C)C1CCC(=O)N1. The van der Waals surface area contributed by atoms with Crippen molar-refractivity contribution in [2.45, 2.75) is 25.8 Å². The second-order valence-corrected chi connectivity index (χ2v) is 2.96. The summed E-state index contributed by atoms with van der Waals surface area (Å²) in [5, 5.41) is 2.84. The quantitative estimate of drug-likeness (QED) is 0.594. The molecule has 2 heteroatoms. The van der Waals surface area contributed by atoms with Crippen LogP contribution in [0.1, 0.15) is 19.8 Å². The zero-order chi connectivity index (χ0) is 8.43. The highest BCUT2D eigenvalue weighted by Crippen LogP contribution is 2.18. The normalized spacial score (nSPS) is 23.0. The molecule has 0 aromatic rings. The van der Waals surface area contributed by atoms with Crippen molar-refractivity contribution < 1.29 is 4.79 Å². The molecule has 0 bridgehead atoms. The summed E-state index contributed by atoms with van der Waals surface area (Å²) in [5.74, 6) is 0.123. The molecule has 0 spiro atoms. The average molecular weight is 151 g/mol. The van der Waals surface area contributed by atoms with Crippen molar-refractivity contribution in [3.8, 4) is 0 Å². The number of rotatable bonds is 2. The van der Waals surface area contributed by atoms with Gasteiger partial charge in [-0.15, -0.1) is 0 Å². The van der Waals surface area contributed by atoms with E-state index in [4.69, 9.17) is 0 Å². The number of hydrogen-bond acceptors (Lipinski definition) is 1. The van der Waals surface area contributed by atoms with Crippen LogP contribution in [0.2, 0.25) is 0 Å². The third kappa shape index (κ3) is 1.70. The fraction of sp³-hybridized carbons (Fsp3) is 0.444. The Labute approximate surface area is 67.0 Å². The Morgan fingerprint density at radius 1 is 1.64 bits per heavy atom. The van der Waals surface area contributed by atoms with E-state index >= 15 is 0 Å². The van der Waals surface area contributed by atoms with Gasteiger partial charge in [-0.3, -0.25) is 4.79 Å². The van der Waals surface area contributed by atoms with Crippen LogP contribution in [0.5, 0.6) is 0 Å². The molecular weight excluding hydrogens is 138 g/mol. The molecule has 1 unspecified atom stereocenters. The smallest absolute Gasteiger partial charge is 0.220 e. The summed E-state index contributed by atoms with van der Waals surface area (Å²) >= 11 is 0. The molecule has 0 aliphatic carbocycles. The van der Waals surface area contributed by atoms with E-state index in [0.717, 1.165) is 17.6 Å². The minimum atomic E-state index is 0.123. The van der Waals surface area contributed by atoms with Crippen LogP contribution in [0, 0.1) is 0 Å². The summed E-state index contributed by atoms with van der Waals surface area (Å²) in [5.41, 5.74) is 1.91. The van der Waals surface area contributed by atoms with Gasteiger partial charge in [0.05, 0.1) is 6.04 Å². The van der Waals surface area contributed by atoms with E-state index in [9.17, 15) is 4.79 Å². The Morgan fingerprint density at radius 3 is 2.64 bits per heavy atom. The van der Waals surface area contributed by atoms with Gasteiger partial charge >= 0.3 is 0 Å². The van der Waals surface area contributed by atoms with E-state index in [2.05, 4.69) is 18.5 Å². The van der Waals surface area contributed by atoms with Crippen molar-refractivity contribution in [3.05, 3.63) is 24.3 Å². The first-order chi connectivity index (χ1) is 5.11. The molecule has 1 fully saturated rings. The topological polar surface area (TPSA) is 29.1 Å². The van der Waals surface area contributed by atoms with Gasteiger partial charge in [-0.25, -0.2) is 0 Å². The second-order valence-electron chi connectivity index (χ2n) is 2.96. The first-order valence-corrected chi connectivity index (χ1v) is 3.75. The van der Waals surface area contributed by atoms with Crippen molar-refractivity contribution in [1.82, 2.24) is 5.32 Å². The summed E-state index contributed by atoms with van der Waals surface area (Å²) < 4.78 is 0. The minimum absolute atomic E-state index is 0.123. The van der Waals surface area contributed by atoms with Crippen LogP contribution in [0.15, 0.2) is 24.3 Å². The third-order valence-corrected chi connectivity index (χ3v) is 1.96. The lowest BCUT2D eigenvalue weighted by Crippen LogP contribution is -2.26. The zero-order valence-corrected chi connectivity index (χ0v) is 6.81. The Balaban J connectivity index is 2.56. The highest BCUT2D eigenvalue weighted by Gasteiger charge is 2.22. The fourth-order valence-corrected chi connectivity index (χ4v) is 1.17. The Morgan fingerprint density at radius 2 is 2.27 bits per heavy atom. The average Bonchev–Trinajstić information content (AvgIpc) is 2.34. The molecule has 1 aliphatic rings. The molecule has 1 rings (SSSR count). The molecule has 11 heavy (non-hydrogen) atoms. The van der Waals surface area contributed by atoms with Crippen LogP contribution in [-0.2, 0) is 4.79 Å². The summed E-state index contributed by atoms with van der Waals surface area (Å²) in [6.45, 7) is 9.54. The lowest BCUT2D eigenvalue weighted by atomic mass is 10.0. The van der Waals surface area contributed by atoms with Gasteiger partial charge in [0.1, 0.15) is 0 Å². The van der Waals surface area contributed by atoms with Gasteiger partial charge < -0.3 is 5.32 Å². The van der Waals surface area contributed by atoms with Crippen molar-refractivity contribution in [1.29, 1.82) is 0 Å². The molecule has 1 N–H and O–H groups in total. The first-order valence-electron chi connectivity index (χ1n) is 3.75. The third-order valence-electron chi connectivity index (χ3n) is 1.96. The molecule has 1 atom stereocenters. The van der Waals surface area contributed by atoms with E-state index in [1.165, 1.54) is 0 Å². The largest absolute Gasteiger partial charge is 0.349 e. The van der Waals surface area contributed by atoms with E-state index < -0.39 is 0 Å². The van der Waals surface area contributed by atoms with Crippen molar-refractivity contribution >= 4 is 5.91 Å². The second kappa shape index (κ2) is 2.91. The van der Waals surface area contributed by atoms with Crippen LogP contribution in [0.25, 0.3) is 0 Å². The Hall–Kier alpha value is -1.05. The van der Waals surface area contributed by atoms with Crippen LogP contribution in [0.4, 0.5) is 0 Å². The summed E-state index contributed by atoms with van der Waals surface area (Å²) in [6.07, 6.45) is 1.49.